The zero-order valence-corrected chi connectivity index (χ0v) is 13.2. The van der Waals surface area contributed by atoms with Gasteiger partial charge in [-0.2, -0.15) is 0 Å². The van der Waals surface area contributed by atoms with Gasteiger partial charge in [0.05, 0.1) is 5.75 Å². The summed E-state index contributed by atoms with van der Waals surface area (Å²) in [4.78, 5) is 15.8. The van der Waals surface area contributed by atoms with Gasteiger partial charge in [0.1, 0.15) is 0 Å². The van der Waals surface area contributed by atoms with Crippen molar-refractivity contribution < 1.29 is 4.79 Å². The predicted octanol–water partition coefficient (Wildman–Crippen LogP) is 1.88. The summed E-state index contributed by atoms with van der Waals surface area (Å²) in [5, 5.41) is 12.0. The lowest BCUT2D eigenvalue weighted by Crippen LogP contribution is -2.33. The van der Waals surface area contributed by atoms with E-state index in [0.29, 0.717) is 5.75 Å². The smallest absolute Gasteiger partial charge is 0.230 e. The summed E-state index contributed by atoms with van der Waals surface area (Å²) in [6, 6.07) is 3.97. The van der Waals surface area contributed by atoms with E-state index in [0.717, 1.165) is 23.0 Å². The van der Waals surface area contributed by atoms with Crippen LogP contribution >= 0.6 is 11.8 Å². The van der Waals surface area contributed by atoms with Crippen molar-refractivity contribution in [1.82, 2.24) is 25.1 Å². The van der Waals surface area contributed by atoms with E-state index in [1.165, 1.54) is 11.8 Å². The second-order valence-corrected chi connectivity index (χ2v) is 5.71. The third-order valence-corrected chi connectivity index (χ3v) is 4.15. The van der Waals surface area contributed by atoms with Crippen molar-refractivity contribution in [1.29, 1.82) is 0 Å². The van der Waals surface area contributed by atoms with E-state index in [1.807, 2.05) is 37.6 Å². The zero-order chi connectivity index (χ0) is 15.2. The van der Waals surface area contributed by atoms with Gasteiger partial charge in [0.25, 0.3) is 0 Å². The second-order valence-electron chi connectivity index (χ2n) is 4.77. The maximum absolute atomic E-state index is 11.8. The molecule has 0 spiro atoms. The number of thioether (sulfide) groups is 1. The van der Waals surface area contributed by atoms with E-state index in [9.17, 15) is 4.79 Å². The molecule has 2 aromatic rings. The van der Waals surface area contributed by atoms with Crippen LogP contribution in [-0.4, -0.2) is 37.5 Å². The quantitative estimate of drug-likeness (QED) is 0.825. The molecule has 0 aliphatic carbocycles. The number of pyridine rings is 1. The lowest BCUT2D eigenvalue weighted by molar-refractivity contribution is -0.119. The minimum atomic E-state index is 0.0165. The molecule has 0 bridgehead atoms. The van der Waals surface area contributed by atoms with Crippen LogP contribution in [0.4, 0.5) is 0 Å². The predicted molar refractivity (Wildman–Crippen MR) is 82.9 cm³/mol. The van der Waals surface area contributed by atoms with Crippen LogP contribution in [0.1, 0.15) is 20.3 Å². The molecular formula is C14H19N5OS. The van der Waals surface area contributed by atoms with Crippen molar-refractivity contribution in [3.05, 3.63) is 24.5 Å². The highest BCUT2D eigenvalue weighted by Crippen LogP contribution is 2.21. The average Bonchev–Trinajstić information content (AvgIpc) is 2.87. The standard InChI is InChI=1S/C14H19N5OS/c1-4-10(2)16-12(20)9-21-14-18-17-13(19(14)3)11-5-7-15-8-6-11/h5-8,10H,4,9H2,1-3H3,(H,16,20)/t10-/m0/s1. The van der Waals surface area contributed by atoms with Gasteiger partial charge >= 0.3 is 0 Å². The largest absolute Gasteiger partial charge is 0.353 e. The molecular weight excluding hydrogens is 286 g/mol. The second kappa shape index (κ2) is 7.21. The lowest BCUT2D eigenvalue weighted by Gasteiger charge is -2.10. The lowest BCUT2D eigenvalue weighted by atomic mass is 10.2. The van der Waals surface area contributed by atoms with Crippen LogP contribution in [0.15, 0.2) is 29.7 Å². The first-order chi connectivity index (χ1) is 10.1. The van der Waals surface area contributed by atoms with Crippen molar-refractivity contribution in [2.45, 2.75) is 31.5 Å². The fourth-order valence-corrected chi connectivity index (χ4v) is 2.46. The van der Waals surface area contributed by atoms with Gasteiger partial charge < -0.3 is 9.88 Å². The molecule has 1 atom stereocenters. The maximum atomic E-state index is 11.8. The number of carbonyl (C=O) groups is 1. The maximum Gasteiger partial charge on any atom is 0.230 e. The molecule has 0 saturated carbocycles. The van der Waals surface area contributed by atoms with Gasteiger partial charge in [-0.15, -0.1) is 10.2 Å². The molecule has 21 heavy (non-hydrogen) atoms. The normalized spacial score (nSPS) is 12.1. The molecule has 7 heteroatoms. The highest BCUT2D eigenvalue weighted by Gasteiger charge is 2.13. The van der Waals surface area contributed by atoms with E-state index in [1.54, 1.807) is 12.4 Å². The Morgan fingerprint density at radius 1 is 1.38 bits per heavy atom. The first-order valence-corrected chi connectivity index (χ1v) is 7.82. The molecule has 1 amide bonds. The zero-order valence-electron chi connectivity index (χ0n) is 12.4. The van der Waals surface area contributed by atoms with Gasteiger partial charge in [-0.1, -0.05) is 18.7 Å². The Bertz CT molecular complexity index is 599. The molecule has 2 heterocycles. The van der Waals surface area contributed by atoms with Gasteiger partial charge in [-0.25, -0.2) is 0 Å². The Labute approximate surface area is 128 Å². The molecule has 0 aliphatic rings. The average molecular weight is 305 g/mol. The molecule has 0 aliphatic heterocycles. The van der Waals surface area contributed by atoms with Crippen molar-refractivity contribution in [2.75, 3.05) is 5.75 Å². The van der Waals surface area contributed by atoms with Gasteiger partial charge in [0, 0.05) is 31.0 Å². The van der Waals surface area contributed by atoms with Crippen LogP contribution in [0.2, 0.25) is 0 Å². The molecule has 0 unspecified atom stereocenters. The number of nitrogens with one attached hydrogen (secondary N) is 1. The number of hydrogen-bond donors (Lipinski definition) is 1. The minimum absolute atomic E-state index is 0.0165. The summed E-state index contributed by atoms with van der Waals surface area (Å²) >= 11 is 1.38. The summed E-state index contributed by atoms with van der Waals surface area (Å²) < 4.78 is 1.89. The summed E-state index contributed by atoms with van der Waals surface area (Å²) in [6.45, 7) is 4.04. The van der Waals surface area contributed by atoms with Crippen LogP contribution in [0.3, 0.4) is 0 Å². The van der Waals surface area contributed by atoms with Crippen molar-refractivity contribution in [3.8, 4) is 11.4 Å². The van der Waals surface area contributed by atoms with Gasteiger partial charge in [0.15, 0.2) is 11.0 Å². The number of hydrogen-bond acceptors (Lipinski definition) is 5. The monoisotopic (exact) mass is 305 g/mol. The molecule has 0 saturated heterocycles. The molecule has 2 aromatic heterocycles. The van der Waals surface area contributed by atoms with Gasteiger partial charge in [0.2, 0.25) is 5.91 Å². The van der Waals surface area contributed by atoms with Crippen molar-refractivity contribution >= 4 is 17.7 Å². The van der Waals surface area contributed by atoms with Crippen molar-refractivity contribution in [2.24, 2.45) is 7.05 Å². The van der Waals surface area contributed by atoms with E-state index in [4.69, 9.17) is 0 Å². The fraction of sp³-hybridized carbons (Fsp3) is 0.429. The topological polar surface area (TPSA) is 72.7 Å². The van der Waals surface area contributed by atoms with Crippen LogP contribution in [0.25, 0.3) is 11.4 Å². The summed E-state index contributed by atoms with van der Waals surface area (Å²) in [5.41, 5.74) is 0.955. The molecule has 0 fully saturated rings. The Kier molecular flexibility index (Phi) is 5.32. The first-order valence-electron chi connectivity index (χ1n) is 6.83. The highest BCUT2D eigenvalue weighted by molar-refractivity contribution is 7.99. The van der Waals surface area contributed by atoms with E-state index >= 15 is 0 Å². The van der Waals surface area contributed by atoms with E-state index < -0.39 is 0 Å². The third kappa shape index (κ3) is 4.04. The highest BCUT2D eigenvalue weighted by atomic mass is 32.2. The minimum Gasteiger partial charge on any atom is -0.353 e. The first kappa shape index (κ1) is 15.5. The molecule has 2 rings (SSSR count). The van der Waals surface area contributed by atoms with Crippen molar-refractivity contribution in [3.63, 3.8) is 0 Å². The van der Waals surface area contributed by atoms with Crippen LogP contribution in [-0.2, 0) is 11.8 Å². The summed E-state index contributed by atoms with van der Waals surface area (Å²) in [6.07, 6.45) is 4.36. The van der Waals surface area contributed by atoms with Gasteiger partial charge in [-0.3, -0.25) is 9.78 Å². The molecule has 112 valence electrons. The Morgan fingerprint density at radius 3 is 2.76 bits per heavy atom. The number of aromatic nitrogens is 4. The van der Waals surface area contributed by atoms with Gasteiger partial charge in [-0.05, 0) is 25.5 Å². The number of nitrogens with zero attached hydrogens (tertiary/aromatic N) is 4. The fourth-order valence-electron chi connectivity index (χ4n) is 1.74. The number of rotatable bonds is 6. The molecule has 0 aromatic carbocycles. The Balaban J connectivity index is 2.00. The SMILES string of the molecule is CC[C@H](C)NC(=O)CSc1nnc(-c2ccncc2)n1C. The Hall–Kier alpha value is -1.89. The van der Waals surface area contributed by atoms with E-state index in [2.05, 4.69) is 20.5 Å². The van der Waals surface area contributed by atoms with Crippen LogP contribution < -0.4 is 5.32 Å². The van der Waals surface area contributed by atoms with Crippen LogP contribution in [0.5, 0.6) is 0 Å². The van der Waals surface area contributed by atoms with Crippen LogP contribution in [0, 0.1) is 0 Å². The van der Waals surface area contributed by atoms with E-state index in [-0.39, 0.29) is 11.9 Å². The molecule has 0 radical (unpaired) electrons. The summed E-state index contributed by atoms with van der Waals surface area (Å²) in [7, 11) is 1.89. The third-order valence-electron chi connectivity index (χ3n) is 3.13. The number of amides is 1. The molecule has 6 nitrogen and oxygen atoms in total. The number of carbonyl (C=O) groups excluding carboxylic acids is 1. The molecule has 1 N–H and O–H groups in total. The Morgan fingerprint density at radius 2 is 2.10 bits per heavy atom. The summed E-state index contributed by atoms with van der Waals surface area (Å²) in [5.74, 6) is 1.12.